The topological polar surface area (TPSA) is 88.1 Å². The van der Waals surface area contributed by atoms with Crippen molar-refractivity contribution in [1.29, 1.82) is 0 Å². The molecule has 2 N–H and O–H groups in total. The van der Waals surface area contributed by atoms with Crippen LogP contribution in [-0.4, -0.2) is 19.5 Å². The molecule has 7 heteroatoms. The van der Waals surface area contributed by atoms with Gasteiger partial charge in [-0.05, 0) is 43.3 Å². The van der Waals surface area contributed by atoms with Crippen molar-refractivity contribution in [3.8, 4) is 17.2 Å². The first-order chi connectivity index (χ1) is 13.2. The number of hydrogen-bond acceptors (Lipinski definition) is 6. The minimum absolute atomic E-state index is 0.0220. The highest BCUT2D eigenvalue weighted by atomic mass is 16.5. The Labute approximate surface area is 155 Å². The van der Waals surface area contributed by atoms with E-state index in [1.54, 1.807) is 12.4 Å². The van der Waals surface area contributed by atoms with Crippen molar-refractivity contribution in [2.45, 2.75) is 19.6 Å². The molecule has 0 fully saturated rings. The summed E-state index contributed by atoms with van der Waals surface area (Å²) in [5, 5.41) is 0. The fourth-order valence-corrected chi connectivity index (χ4v) is 3.55. The summed E-state index contributed by atoms with van der Waals surface area (Å²) >= 11 is 0. The molecular weight excluding hydrogens is 342 g/mol. The number of nitrogen functional groups attached to an aromatic ring is 1. The fraction of sp³-hybridized carbons (Fsp3) is 0.150. The van der Waals surface area contributed by atoms with Crippen LogP contribution >= 0.6 is 0 Å². The third-order valence-corrected chi connectivity index (χ3v) is 4.75. The lowest BCUT2D eigenvalue weighted by molar-refractivity contribution is 0.0783. The van der Waals surface area contributed by atoms with Crippen LogP contribution in [-0.2, 0) is 11.3 Å². The van der Waals surface area contributed by atoms with Crippen LogP contribution in [0.3, 0.4) is 0 Å². The molecule has 0 saturated heterocycles. The van der Waals surface area contributed by atoms with Gasteiger partial charge in [0, 0.05) is 17.4 Å². The molecule has 4 heterocycles. The zero-order valence-electron chi connectivity index (χ0n) is 14.7. The zero-order chi connectivity index (χ0) is 18.4. The van der Waals surface area contributed by atoms with Crippen LogP contribution in [0.4, 0.5) is 5.82 Å². The minimum atomic E-state index is -0.0220. The first-order valence-corrected chi connectivity index (χ1v) is 8.66. The van der Waals surface area contributed by atoms with E-state index in [1.165, 1.54) is 6.33 Å². The second kappa shape index (κ2) is 6.07. The van der Waals surface area contributed by atoms with E-state index in [0.717, 1.165) is 33.7 Å². The van der Waals surface area contributed by atoms with E-state index in [9.17, 15) is 0 Å². The molecule has 3 aromatic heterocycles. The maximum atomic E-state index is 6.19. The van der Waals surface area contributed by atoms with Crippen LogP contribution < -0.4 is 10.5 Å². The quantitative estimate of drug-likeness (QED) is 0.599. The maximum Gasteiger partial charge on any atom is 0.151 e. The summed E-state index contributed by atoms with van der Waals surface area (Å²) in [7, 11) is 0. The van der Waals surface area contributed by atoms with Crippen LogP contribution in [0.15, 0.2) is 55.1 Å². The molecule has 1 unspecified atom stereocenters. The van der Waals surface area contributed by atoms with Crippen molar-refractivity contribution in [3.63, 3.8) is 0 Å². The molecule has 0 amide bonds. The number of nitrogens with zero attached hydrogens (tertiary/aromatic N) is 4. The normalized spacial score (nSPS) is 15.8. The molecule has 0 saturated carbocycles. The van der Waals surface area contributed by atoms with Crippen LogP contribution in [0.5, 0.6) is 11.5 Å². The molecule has 0 aliphatic carbocycles. The number of benzene rings is 1. The summed E-state index contributed by atoms with van der Waals surface area (Å²) in [6, 6.07) is 11.5. The molecule has 0 bridgehead atoms. The highest BCUT2D eigenvalue weighted by Crippen LogP contribution is 2.40. The van der Waals surface area contributed by atoms with Gasteiger partial charge in [-0.3, -0.25) is 4.98 Å². The Balaban J connectivity index is 1.60. The Hall–Kier alpha value is -3.45. The zero-order valence-corrected chi connectivity index (χ0v) is 14.7. The first kappa shape index (κ1) is 15.8. The van der Waals surface area contributed by atoms with Gasteiger partial charge in [0.1, 0.15) is 28.9 Å². The molecule has 1 aliphatic rings. The number of rotatable bonds is 3. The summed E-state index contributed by atoms with van der Waals surface area (Å²) < 4.78 is 13.7. The summed E-state index contributed by atoms with van der Waals surface area (Å²) in [5.41, 5.74) is 10.9. The number of ether oxygens (including phenoxy) is 2. The third-order valence-electron chi connectivity index (χ3n) is 4.75. The summed E-state index contributed by atoms with van der Waals surface area (Å²) in [6.07, 6.45) is 4.87. The molecule has 0 radical (unpaired) electrons. The van der Waals surface area contributed by atoms with Crippen LogP contribution in [0.2, 0.25) is 0 Å². The molecule has 1 atom stereocenters. The summed E-state index contributed by atoms with van der Waals surface area (Å²) in [4.78, 5) is 12.7. The van der Waals surface area contributed by atoms with Gasteiger partial charge in [-0.2, -0.15) is 0 Å². The summed E-state index contributed by atoms with van der Waals surface area (Å²) in [5.74, 6) is 1.88. The minimum Gasteiger partial charge on any atom is -0.456 e. The molecule has 27 heavy (non-hydrogen) atoms. The predicted octanol–water partition coefficient (Wildman–Crippen LogP) is 3.78. The smallest absolute Gasteiger partial charge is 0.151 e. The van der Waals surface area contributed by atoms with Gasteiger partial charge in [0.25, 0.3) is 0 Å². The standard InChI is InChI=1S/C20H17N5O2/c1-12-17-16(10-26-12)25(19-18(17)23-11-24-20(19)21)13-4-6-14(7-5-13)27-15-3-2-8-22-9-15/h2-9,11-12H,10H2,1H3,(H2,21,23,24). The molecule has 4 aromatic rings. The maximum absolute atomic E-state index is 6.19. The molecule has 1 aliphatic heterocycles. The van der Waals surface area contributed by atoms with Gasteiger partial charge in [0.15, 0.2) is 5.82 Å². The average Bonchev–Trinajstić information content (AvgIpc) is 3.22. The number of fused-ring (bicyclic) bond motifs is 3. The highest BCUT2D eigenvalue weighted by Gasteiger charge is 2.30. The molecule has 0 spiro atoms. The van der Waals surface area contributed by atoms with Gasteiger partial charge < -0.3 is 19.8 Å². The van der Waals surface area contributed by atoms with Gasteiger partial charge in [0.2, 0.25) is 0 Å². The van der Waals surface area contributed by atoms with Crippen LogP contribution in [0.1, 0.15) is 24.3 Å². The van der Waals surface area contributed by atoms with Gasteiger partial charge in [0.05, 0.1) is 24.6 Å². The first-order valence-electron chi connectivity index (χ1n) is 8.66. The van der Waals surface area contributed by atoms with Crippen molar-refractivity contribution >= 4 is 16.9 Å². The Bertz CT molecular complexity index is 1120. The van der Waals surface area contributed by atoms with E-state index in [2.05, 4.69) is 19.5 Å². The van der Waals surface area contributed by atoms with Crippen molar-refractivity contribution in [1.82, 2.24) is 19.5 Å². The van der Waals surface area contributed by atoms with Crippen molar-refractivity contribution in [2.24, 2.45) is 0 Å². The fourth-order valence-electron chi connectivity index (χ4n) is 3.55. The van der Waals surface area contributed by atoms with E-state index in [4.69, 9.17) is 15.2 Å². The van der Waals surface area contributed by atoms with E-state index in [0.29, 0.717) is 18.2 Å². The van der Waals surface area contributed by atoms with Gasteiger partial charge in [-0.25, -0.2) is 9.97 Å². The lowest BCUT2D eigenvalue weighted by Gasteiger charge is -2.11. The number of aromatic nitrogens is 4. The van der Waals surface area contributed by atoms with Crippen molar-refractivity contribution < 1.29 is 9.47 Å². The molecule has 134 valence electrons. The van der Waals surface area contributed by atoms with E-state index in [1.807, 2.05) is 43.3 Å². The van der Waals surface area contributed by atoms with Gasteiger partial charge in [-0.1, -0.05) is 0 Å². The average molecular weight is 359 g/mol. The highest BCUT2D eigenvalue weighted by molar-refractivity contribution is 5.91. The van der Waals surface area contributed by atoms with Crippen molar-refractivity contribution in [2.75, 3.05) is 5.73 Å². The Morgan fingerprint density at radius 2 is 2.00 bits per heavy atom. The monoisotopic (exact) mass is 359 g/mol. The Morgan fingerprint density at radius 1 is 1.15 bits per heavy atom. The Kier molecular flexibility index (Phi) is 3.54. The molecule has 1 aromatic carbocycles. The van der Waals surface area contributed by atoms with Crippen LogP contribution in [0.25, 0.3) is 16.7 Å². The van der Waals surface area contributed by atoms with Crippen molar-refractivity contribution in [3.05, 3.63) is 66.4 Å². The number of anilines is 1. The third kappa shape index (κ3) is 2.51. The van der Waals surface area contributed by atoms with E-state index in [-0.39, 0.29) is 6.10 Å². The second-order valence-corrected chi connectivity index (χ2v) is 6.39. The molecular formula is C20H17N5O2. The number of pyridine rings is 1. The summed E-state index contributed by atoms with van der Waals surface area (Å²) in [6.45, 7) is 2.54. The molecule has 5 rings (SSSR count). The van der Waals surface area contributed by atoms with Crippen LogP contribution in [0, 0.1) is 0 Å². The SMILES string of the molecule is CC1OCc2c1c1ncnc(N)c1n2-c1ccc(Oc2cccnc2)cc1. The Morgan fingerprint density at radius 3 is 2.78 bits per heavy atom. The molecule has 7 nitrogen and oxygen atoms in total. The number of nitrogens with two attached hydrogens (primary N) is 1. The second-order valence-electron chi connectivity index (χ2n) is 6.39. The van der Waals surface area contributed by atoms with Gasteiger partial charge in [-0.15, -0.1) is 0 Å². The lowest BCUT2D eigenvalue weighted by atomic mass is 10.1. The van der Waals surface area contributed by atoms with E-state index < -0.39 is 0 Å². The largest absolute Gasteiger partial charge is 0.456 e. The van der Waals surface area contributed by atoms with E-state index >= 15 is 0 Å². The predicted molar refractivity (Wildman–Crippen MR) is 101 cm³/mol. The van der Waals surface area contributed by atoms with Gasteiger partial charge >= 0.3 is 0 Å². The lowest BCUT2D eigenvalue weighted by Crippen LogP contribution is -2.03. The number of hydrogen-bond donors (Lipinski definition) is 1.